The van der Waals surface area contributed by atoms with Crippen molar-refractivity contribution in [1.82, 2.24) is 10.3 Å². The Hall–Kier alpha value is -1.62. The quantitative estimate of drug-likeness (QED) is 0.689. The molecule has 15 heavy (non-hydrogen) atoms. The van der Waals surface area contributed by atoms with Crippen LogP contribution in [-0.4, -0.2) is 35.3 Å². The van der Waals surface area contributed by atoms with Gasteiger partial charge in [-0.25, -0.2) is 9.78 Å². The van der Waals surface area contributed by atoms with E-state index in [1.54, 1.807) is 0 Å². The van der Waals surface area contributed by atoms with Crippen LogP contribution in [0, 0.1) is 0 Å². The molecule has 0 aliphatic carbocycles. The minimum atomic E-state index is -0.967. The van der Waals surface area contributed by atoms with Crippen LogP contribution in [0.5, 0.6) is 5.88 Å². The van der Waals surface area contributed by atoms with Gasteiger partial charge in [-0.05, 0) is 12.5 Å². The van der Waals surface area contributed by atoms with Crippen LogP contribution >= 0.6 is 0 Å². The molecule has 80 valence electrons. The molecule has 2 heterocycles. The Morgan fingerprint density at radius 2 is 2.53 bits per heavy atom. The molecule has 0 amide bonds. The summed E-state index contributed by atoms with van der Waals surface area (Å²) in [6, 6.07) is 3.44. The second kappa shape index (κ2) is 4.27. The van der Waals surface area contributed by atoms with Crippen molar-refractivity contribution >= 4 is 5.97 Å². The van der Waals surface area contributed by atoms with E-state index in [4.69, 9.17) is 9.84 Å². The molecule has 0 aromatic carbocycles. The molecule has 1 unspecified atom stereocenters. The third-order valence-electron chi connectivity index (χ3n) is 2.19. The van der Waals surface area contributed by atoms with Gasteiger partial charge < -0.3 is 15.2 Å². The van der Waals surface area contributed by atoms with Gasteiger partial charge in [-0.3, -0.25) is 0 Å². The first-order valence-corrected chi connectivity index (χ1v) is 4.81. The summed E-state index contributed by atoms with van der Waals surface area (Å²) >= 11 is 0. The van der Waals surface area contributed by atoms with Gasteiger partial charge >= 0.3 is 5.97 Å². The molecule has 5 nitrogen and oxygen atoms in total. The number of hydrogen-bond donors (Lipinski definition) is 2. The van der Waals surface area contributed by atoms with Gasteiger partial charge in [-0.1, -0.05) is 0 Å². The lowest BCUT2D eigenvalue weighted by Crippen LogP contribution is -2.05. The Labute approximate surface area is 87.1 Å². The van der Waals surface area contributed by atoms with Gasteiger partial charge in [0.15, 0.2) is 0 Å². The fraction of sp³-hybridized carbons (Fsp3) is 0.400. The Kier molecular flexibility index (Phi) is 2.82. The number of rotatable bonds is 5. The van der Waals surface area contributed by atoms with Gasteiger partial charge in [0.25, 0.3) is 0 Å². The normalized spacial score (nSPS) is 18.5. The average Bonchev–Trinajstić information content (AvgIpc) is 3.02. The van der Waals surface area contributed by atoms with Crippen LogP contribution in [-0.2, 0) is 0 Å². The predicted molar refractivity (Wildman–Crippen MR) is 53.1 cm³/mol. The summed E-state index contributed by atoms with van der Waals surface area (Å²) < 4.78 is 5.33. The largest absolute Gasteiger partial charge is 0.478 e. The molecule has 0 spiro atoms. The van der Waals surface area contributed by atoms with E-state index in [2.05, 4.69) is 10.3 Å². The van der Waals surface area contributed by atoms with E-state index in [0.717, 1.165) is 13.0 Å². The van der Waals surface area contributed by atoms with Crippen molar-refractivity contribution in [2.45, 2.75) is 12.5 Å². The third-order valence-corrected chi connectivity index (χ3v) is 2.19. The van der Waals surface area contributed by atoms with E-state index in [1.807, 2.05) is 0 Å². The summed E-state index contributed by atoms with van der Waals surface area (Å²) in [5, 5.41) is 11.9. The number of ether oxygens (including phenoxy) is 1. The van der Waals surface area contributed by atoms with Crippen molar-refractivity contribution < 1.29 is 14.6 Å². The number of pyridine rings is 1. The van der Waals surface area contributed by atoms with Crippen LogP contribution in [0.25, 0.3) is 0 Å². The lowest BCUT2D eigenvalue weighted by Gasteiger charge is -2.04. The number of nitrogens with one attached hydrogen (secondary N) is 1. The van der Waals surface area contributed by atoms with E-state index in [0.29, 0.717) is 18.5 Å². The first-order valence-electron chi connectivity index (χ1n) is 4.81. The summed E-state index contributed by atoms with van der Waals surface area (Å²) in [5.74, 6) is -0.596. The van der Waals surface area contributed by atoms with E-state index in [-0.39, 0.29) is 5.56 Å². The highest BCUT2D eigenvalue weighted by molar-refractivity contribution is 5.87. The molecule has 2 rings (SSSR count). The highest BCUT2D eigenvalue weighted by Gasteiger charge is 2.19. The van der Waals surface area contributed by atoms with Crippen molar-refractivity contribution in [2.24, 2.45) is 0 Å². The predicted octanol–water partition coefficient (Wildman–Crippen LogP) is 0.520. The molecule has 0 saturated carbocycles. The number of carboxylic acids is 1. The number of carboxylic acid groups (broad SMARTS) is 1. The zero-order valence-electron chi connectivity index (χ0n) is 8.14. The van der Waals surface area contributed by atoms with Crippen LogP contribution in [0.1, 0.15) is 16.8 Å². The summed E-state index contributed by atoms with van der Waals surface area (Å²) in [6.07, 6.45) is 2.37. The second-order valence-corrected chi connectivity index (χ2v) is 3.43. The first-order chi connectivity index (χ1) is 7.25. The summed E-state index contributed by atoms with van der Waals surface area (Å²) in [6.45, 7) is 1.61. The maximum Gasteiger partial charge on any atom is 0.335 e. The highest BCUT2D eigenvalue weighted by atomic mass is 16.5. The molecule has 1 aromatic heterocycles. The summed E-state index contributed by atoms with van der Waals surface area (Å²) in [5.41, 5.74) is 0.199. The third kappa shape index (κ3) is 2.92. The Bertz CT molecular complexity index is 363. The number of nitrogens with zero attached hydrogens (tertiary/aromatic N) is 1. The first kappa shape index (κ1) is 9.92. The second-order valence-electron chi connectivity index (χ2n) is 3.43. The molecule has 1 aromatic rings. The fourth-order valence-corrected chi connectivity index (χ4v) is 1.21. The smallest absolute Gasteiger partial charge is 0.335 e. The lowest BCUT2D eigenvalue weighted by atomic mass is 10.3. The molecule has 0 bridgehead atoms. The lowest BCUT2D eigenvalue weighted by molar-refractivity contribution is 0.0696. The molecule has 5 heteroatoms. The van der Waals surface area contributed by atoms with Crippen LogP contribution in [0.4, 0.5) is 0 Å². The molecule has 2 N–H and O–H groups in total. The van der Waals surface area contributed by atoms with Crippen LogP contribution in [0.15, 0.2) is 18.3 Å². The van der Waals surface area contributed by atoms with E-state index in [9.17, 15) is 4.79 Å². The highest BCUT2D eigenvalue weighted by Crippen LogP contribution is 2.11. The van der Waals surface area contributed by atoms with Crippen LogP contribution in [0.3, 0.4) is 0 Å². The summed E-state index contributed by atoms with van der Waals surface area (Å²) in [7, 11) is 0. The monoisotopic (exact) mass is 208 g/mol. The minimum Gasteiger partial charge on any atom is -0.478 e. The van der Waals surface area contributed by atoms with E-state index in [1.165, 1.54) is 18.3 Å². The van der Waals surface area contributed by atoms with Crippen molar-refractivity contribution in [3.8, 4) is 5.88 Å². The number of carbonyl (C=O) groups is 1. The van der Waals surface area contributed by atoms with Gasteiger partial charge in [0, 0.05) is 24.8 Å². The molecule has 1 aliphatic rings. The van der Waals surface area contributed by atoms with Crippen molar-refractivity contribution in [1.29, 1.82) is 0 Å². The van der Waals surface area contributed by atoms with Gasteiger partial charge in [-0.15, -0.1) is 0 Å². The zero-order valence-corrected chi connectivity index (χ0v) is 8.14. The molecular weight excluding hydrogens is 196 g/mol. The molecular formula is C10H12N2O3. The minimum absolute atomic E-state index is 0.199. The molecule has 0 radical (unpaired) electrons. The van der Waals surface area contributed by atoms with Gasteiger partial charge in [-0.2, -0.15) is 0 Å². The van der Waals surface area contributed by atoms with Crippen molar-refractivity contribution in [3.05, 3.63) is 23.9 Å². The number of aromatic nitrogens is 1. The van der Waals surface area contributed by atoms with Crippen LogP contribution < -0.4 is 10.1 Å². The van der Waals surface area contributed by atoms with Crippen molar-refractivity contribution in [3.63, 3.8) is 0 Å². The molecule has 1 atom stereocenters. The SMILES string of the molecule is O=C(O)c1ccnc(OCCC2CN2)c1. The Balaban J connectivity index is 1.88. The van der Waals surface area contributed by atoms with Gasteiger partial charge in [0.2, 0.25) is 5.88 Å². The number of aromatic carboxylic acids is 1. The summed E-state index contributed by atoms with van der Waals surface area (Å²) in [4.78, 5) is 14.6. The maximum atomic E-state index is 10.7. The fourth-order valence-electron chi connectivity index (χ4n) is 1.21. The van der Waals surface area contributed by atoms with E-state index >= 15 is 0 Å². The van der Waals surface area contributed by atoms with Crippen LogP contribution in [0.2, 0.25) is 0 Å². The van der Waals surface area contributed by atoms with Gasteiger partial charge in [0.05, 0.1) is 12.2 Å². The maximum absolute atomic E-state index is 10.7. The molecule has 1 saturated heterocycles. The molecule has 1 fully saturated rings. The van der Waals surface area contributed by atoms with E-state index < -0.39 is 5.97 Å². The zero-order chi connectivity index (χ0) is 10.7. The number of hydrogen-bond acceptors (Lipinski definition) is 4. The standard InChI is InChI=1S/C10H12N2O3/c13-10(14)7-1-3-11-9(5-7)15-4-2-8-6-12-8/h1,3,5,8,12H,2,4,6H2,(H,13,14). The average molecular weight is 208 g/mol. The topological polar surface area (TPSA) is 81.4 Å². The molecule has 1 aliphatic heterocycles. The Morgan fingerprint density at radius 1 is 1.73 bits per heavy atom. The Morgan fingerprint density at radius 3 is 3.20 bits per heavy atom. The van der Waals surface area contributed by atoms with Gasteiger partial charge in [0.1, 0.15) is 0 Å². The van der Waals surface area contributed by atoms with Crippen molar-refractivity contribution in [2.75, 3.05) is 13.2 Å².